The minimum atomic E-state index is -0.559. The van der Waals surface area contributed by atoms with E-state index in [0.717, 1.165) is 72.9 Å². The lowest BCUT2D eigenvalue weighted by Gasteiger charge is -2.43. The molecule has 47 heavy (non-hydrogen) atoms. The summed E-state index contributed by atoms with van der Waals surface area (Å²) in [5.74, 6) is 0.414. The number of nitrogens with one attached hydrogen (secondary N) is 2. The molecule has 1 heterocycles. The summed E-state index contributed by atoms with van der Waals surface area (Å²) >= 11 is 0. The monoisotopic (exact) mass is 638 g/mol. The van der Waals surface area contributed by atoms with Gasteiger partial charge in [0.05, 0.1) is 23.1 Å². The highest BCUT2D eigenvalue weighted by Gasteiger charge is 2.41. The van der Waals surface area contributed by atoms with Crippen LogP contribution in [0.3, 0.4) is 0 Å². The Labute approximate surface area is 279 Å². The molecule has 2 saturated carbocycles. The number of aromatic nitrogens is 1. The first-order chi connectivity index (χ1) is 22.3. The van der Waals surface area contributed by atoms with Crippen molar-refractivity contribution in [3.8, 4) is 22.4 Å². The van der Waals surface area contributed by atoms with Gasteiger partial charge in [0, 0.05) is 36.6 Å². The van der Waals surface area contributed by atoms with Crippen LogP contribution in [0.1, 0.15) is 98.5 Å². The second kappa shape index (κ2) is 14.3. The highest BCUT2D eigenvalue weighted by molar-refractivity contribution is 5.93. The second-order valence-corrected chi connectivity index (χ2v) is 14.6. The maximum Gasteiger partial charge on any atom is 0.408 e. The van der Waals surface area contributed by atoms with Gasteiger partial charge in [-0.1, -0.05) is 54.6 Å². The number of carbonyl (C=O) groups is 3. The summed E-state index contributed by atoms with van der Waals surface area (Å²) in [7, 11) is 0. The molecule has 3 amide bonds. The molecule has 2 aromatic carbocycles. The van der Waals surface area contributed by atoms with Crippen molar-refractivity contribution in [2.24, 2.45) is 5.92 Å². The van der Waals surface area contributed by atoms with Crippen LogP contribution >= 0.6 is 0 Å². The normalized spacial score (nSPS) is 19.0. The van der Waals surface area contributed by atoms with Crippen molar-refractivity contribution in [1.29, 1.82) is 0 Å². The molecule has 0 saturated heterocycles. The molecule has 0 bridgehead atoms. The molecule has 0 aliphatic heterocycles. The maximum absolute atomic E-state index is 13.2. The van der Waals surface area contributed by atoms with Gasteiger partial charge in [0.25, 0.3) is 0 Å². The van der Waals surface area contributed by atoms with Crippen LogP contribution in [0.5, 0.6) is 0 Å². The second-order valence-electron chi connectivity index (χ2n) is 14.6. The molecule has 3 aromatic rings. The standard InChI is InChI=1S/C39H50N4O4/c1-26(2)43(27(3)44)33-19-13-28(14-20-33)23-35(45)41-32-24-34(29-11-8-7-9-12-29)36(40-25-32)30-15-17-31(18-16-30)39(21-10-22-39)42-37(46)47-38(4,5)6/h7-9,11-12,15-18,24-26,28,33H,10,13-14,19-23H2,1-6H3,(H,41,45)(H,42,46). The van der Waals surface area contributed by atoms with Gasteiger partial charge in [0.2, 0.25) is 11.8 Å². The Morgan fingerprint density at radius 3 is 2.17 bits per heavy atom. The Morgan fingerprint density at radius 1 is 0.957 bits per heavy atom. The number of alkyl carbamates (subject to hydrolysis) is 1. The van der Waals surface area contributed by atoms with E-state index in [4.69, 9.17) is 9.72 Å². The first-order valence-electron chi connectivity index (χ1n) is 17.1. The van der Waals surface area contributed by atoms with E-state index in [1.54, 1.807) is 13.1 Å². The number of anilines is 1. The fourth-order valence-electron chi connectivity index (χ4n) is 7.21. The molecule has 250 valence electrons. The highest BCUT2D eigenvalue weighted by atomic mass is 16.6. The Bertz CT molecular complexity index is 1550. The first-order valence-corrected chi connectivity index (χ1v) is 17.1. The molecule has 1 aromatic heterocycles. The van der Waals surface area contributed by atoms with E-state index in [-0.39, 0.29) is 23.9 Å². The van der Waals surface area contributed by atoms with Crippen LogP contribution in [0.2, 0.25) is 0 Å². The Hall–Kier alpha value is -4.20. The predicted octanol–water partition coefficient (Wildman–Crippen LogP) is 8.46. The van der Waals surface area contributed by atoms with Crippen molar-refractivity contribution in [3.05, 3.63) is 72.4 Å². The van der Waals surface area contributed by atoms with Crippen molar-refractivity contribution in [1.82, 2.24) is 15.2 Å². The number of carbonyl (C=O) groups excluding carboxylic acids is 3. The zero-order valence-electron chi connectivity index (χ0n) is 28.8. The molecule has 0 radical (unpaired) electrons. The molecule has 0 unspecified atom stereocenters. The van der Waals surface area contributed by atoms with Crippen LogP contribution in [0.15, 0.2) is 66.9 Å². The van der Waals surface area contributed by atoms with Crippen LogP contribution in [-0.2, 0) is 19.9 Å². The molecule has 2 aliphatic rings. The van der Waals surface area contributed by atoms with Crippen LogP contribution in [0.25, 0.3) is 22.4 Å². The lowest BCUT2D eigenvalue weighted by molar-refractivity contribution is -0.134. The number of hydrogen-bond donors (Lipinski definition) is 2. The van der Waals surface area contributed by atoms with Gasteiger partial charge in [-0.05, 0) is 103 Å². The van der Waals surface area contributed by atoms with E-state index >= 15 is 0 Å². The summed E-state index contributed by atoms with van der Waals surface area (Å²) in [5, 5.41) is 6.25. The van der Waals surface area contributed by atoms with Crippen LogP contribution in [0.4, 0.5) is 10.5 Å². The summed E-state index contributed by atoms with van der Waals surface area (Å²) in [6, 6.07) is 20.8. The fraction of sp³-hybridized carbons (Fsp3) is 0.487. The molecule has 2 fully saturated rings. The quantitative estimate of drug-likeness (QED) is 0.245. The van der Waals surface area contributed by atoms with Gasteiger partial charge in [-0.3, -0.25) is 14.6 Å². The van der Waals surface area contributed by atoms with Crippen molar-refractivity contribution >= 4 is 23.6 Å². The molecule has 8 heteroatoms. The zero-order valence-corrected chi connectivity index (χ0v) is 28.8. The molecule has 8 nitrogen and oxygen atoms in total. The Balaban J connectivity index is 1.29. The molecule has 5 rings (SSSR count). The van der Waals surface area contributed by atoms with Crippen molar-refractivity contribution in [2.45, 2.75) is 116 Å². The third-order valence-corrected chi connectivity index (χ3v) is 9.52. The summed E-state index contributed by atoms with van der Waals surface area (Å²) in [6.45, 7) is 11.4. The van der Waals surface area contributed by atoms with Gasteiger partial charge in [-0.2, -0.15) is 0 Å². The molecule has 0 spiro atoms. The smallest absolute Gasteiger partial charge is 0.408 e. The highest BCUT2D eigenvalue weighted by Crippen LogP contribution is 2.42. The van der Waals surface area contributed by atoms with Gasteiger partial charge in [0.1, 0.15) is 5.60 Å². The van der Waals surface area contributed by atoms with Crippen LogP contribution in [0, 0.1) is 5.92 Å². The third-order valence-electron chi connectivity index (χ3n) is 9.52. The third kappa shape index (κ3) is 8.40. The summed E-state index contributed by atoms with van der Waals surface area (Å²) in [6.07, 6.45) is 8.30. The summed E-state index contributed by atoms with van der Waals surface area (Å²) < 4.78 is 5.55. The zero-order chi connectivity index (χ0) is 33.8. The van der Waals surface area contributed by atoms with Gasteiger partial charge in [-0.15, -0.1) is 0 Å². The molecular weight excluding hydrogens is 588 g/mol. The minimum Gasteiger partial charge on any atom is -0.444 e. The lowest BCUT2D eigenvalue weighted by atomic mass is 9.71. The largest absolute Gasteiger partial charge is 0.444 e. The molecule has 0 atom stereocenters. The summed E-state index contributed by atoms with van der Waals surface area (Å²) in [4.78, 5) is 44.9. The summed E-state index contributed by atoms with van der Waals surface area (Å²) in [5.41, 5.74) is 4.45. The predicted molar refractivity (Wildman–Crippen MR) is 187 cm³/mol. The number of pyridine rings is 1. The van der Waals surface area contributed by atoms with E-state index in [1.165, 1.54) is 0 Å². The first kappa shape index (κ1) is 34.1. The SMILES string of the molecule is CC(=O)N(C(C)C)C1CCC(CC(=O)Nc2cnc(-c3ccc(C4(NC(=O)OC(C)(C)C)CCC4)cc3)c(-c3ccccc3)c2)CC1. The van der Waals surface area contributed by atoms with Crippen LogP contribution in [-0.4, -0.2) is 45.5 Å². The maximum atomic E-state index is 13.2. The molecule has 2 aliphatic carbocycles. The Morgan fingerprint density at radius 2 is 1.62 bits per heavy atom. The average molecular weight is 639 g/mol. The minimum absolute atomic E-state index is 0.0121. The van der Waals surface area contributed by atoms with E-state index in [0.29, 0.717) is 18.0 Å². The van der Waals surface area contributed by atoms with Crippen molar-refractivity contribution < 1.29 is 19.1 Å². The van der Waals surface area contributed by atoms with Gasteiger partial charge < -0.3 is 20.3 Å². The molecular formula is C39H50N4O4. The lowest BCUT2D eigenvalue weighted by Crippen LogP contribution is -2.52. The van der Waals surface area contributed by atoms with E-state index in [2.05, 4.69) is 60.9 Å². The van der Waals surface area contributed by atoms with Crippen molar-refractivity contribution in [3.63, 3.8) is 0 Å². The number of amides is 3. The number of nitrogens with zero attached hydrogens (tertiary/aromatic N) is 2. The number of ether oxygens (including phenoxy) is 1. The molecule has 2 N–H and O–H groups in total. The fourth-order valence-corrected chi connectivity index (χ4v) is 7.21. The number of rotatable bonds is 9. The average Bonchev–Trinajstić information content (AvgIpc) is 2.99. The Kier molecular flexibility index (Phi) is 10.4. The van der Waals surface area contributed by atoms with Crippen molar-refractivity contribution in [2.75, 3.05) is 5.32 Å². The topological polar surface area (TPSA) is 101 Å². The number of hydrogen-bond acceptors (Lipinski definition) is 5. The van der Waals surface area contributed by atoms with Crippen LogP contribution < -0.4 is 10.6 Å². The van der Waals surface area contributed by atoms with Gasteiger partial charge in [-0.25, -0.2) is 4.79 Å². The van der Waals surface area contributed by atoms with E-state index < -0.39 is 17.2 Å². The van der Waals surface area contributed by atoms with E-state index in [1.807, 2.05) is 49.9 Å². The van der Waals surface area contributed by atoms with E-state index in [9.17, 15) is 14.4 Å². The number of benzene rings is 2. The van der Waals surface area contributed by atoms with Gasteiger partial charge >= 0.3 is 6.09 Å². The van der Waals surface area contributed by atoms with Gasteiger partial charge in [0.15, 0.2) is 0 Å².